The van der Waals surface area contributed by atoms with E-state index >= 15 is 0 Å². The first-order valence-electron chi connectivity index (χ1n) is 12.5. The van der Waals surface area contributed by atoms with E-state index in [1.807, 2.05) is 11.4 Å². The van der Waals surface area contributed by atoms with Crippen molar-refractivity contribution >= 4 is 62.9 Å². The number of likely N-dealkylation sites (tertiary alicyclic amines) is 1. The van der Waals surface area contributed by atoms with Gasteiger partial charge in [-0.05, 0) is 55.7 Å². The normalized spacial score (nSPS) is 25.2. The van der Waals surface area contributed by atoms with Crippen molar-refractivity contribution in [1.29, 1.82) is 0 Å². The second-order valence-corrected chi connectivity index (χ2v) is 12.8. The molecular formula is C26H26Cl2N4O4S. The van der Waals surface area contributed by atoms with Crippen molar-refractivity contribution in [2.75, 3.05) is 0 Å². The summed E-state index contributed by atoms with van der Waals surface area (Å²) in [6.07, 6.45) is 5.11. The van der Waals surface area contributed by atoms with Gasteiger partial charge in [0.2, 0.25) is 5.91 Å². The largest absolute Gasteiger partial charge is 0.486 e. The molecule has 3 aromatic rings. The number of piperidine rings is 1. The molecule has 0 bridgehead atoms. The lowest BCUT2D eigenvalue weighted by molar-refractivity contribution is -0.139. The quantitative estimate of drug-likeness (QED) is 0.261. The highest BCUT2D eigenvalue weighted by Crippen LogP contribution is 2.55. The van der Waals surface area contributed by atoms with E-state index in [-0.39, 0.29) is 41.7 Å². The Labute approximate surface area is 227 Å². The van der Waals surface area contributed by atoms with E-state index in [4.69, 9.17) is 27.9 Å². The number of rotatable bonds is 10. The number of alkyl halides is 2. The SMILES string of the molecule is CC(=O)c1nn(CC(=O)N2[C@@H]3C[C@@H]3C[C@H]2C(=O)CC[C@H]2CC2(Cl)Cl)c2ccc(OCc3nccs3)cc12. The van der Waals surface area contributed by atoms with Gasteiger partial charge in [0.1, 0.15) is 33.9 Å². The lowest BCUT2D eigenvalue weighted by Crippen LogP contribution is -2.44. The summed E-state index contributed by atoms with van der Waals surface area (Å²) in [6, 6.07) is 5.09. The fraction of sp³-hybridized carbons (Fsp3) is 0.500. The Morgan fingerprint density at radius 1 is 1.24 bits per heavy atom. The molecule has 194 valence electrons. The van der Waals surface area contributed by atoms with Crippen LogP contribution in [-0.4, -0.2) is 53.6 Å². The van der Waals surface area contributed by atoms with Gasteiger partial charge in [-0.15, -0.1) is 34.5 Å². The second-order valence-electron chi connectivity index (χ2n) is 10.2. The Balaban J connectivity index is 1.18. The van der Waals surface area contributed by atoms with Gasteiger partial charge in [-0.25, -0.2) is 4.98 Å². The summed E-state index contributed by atoms with van der Waals surface area (Å²) in [5.41, 5.74) is 0.958. The van der Waals surface area contributed by atoms with Crippen molar-refractivity contribution in [3.63, 3.8) is 0 Å². The number of thiazole rings is 1. The highest BCUT2D eigenvalue weighted by atomic mass is 35.5. The molecule has 0 unspecified atom stereocenters. The van der Waals surface area contributed by atoms with Crippen molar-refractivity contribution in [2.24, 2.45) is 11.8 Å². The maximum atomic E-state index is 13.5. The third-order valence-electron chi connectivity index (χ3n) is 7.65. The Kier molecular flexibility index (Phi) is 6.28. The van der Waals surface area contributed by atoms with Crippen molar-refractivity contribution in [2.45, 2.75) is 68.6 Å². The fourth-order valence-corrected chi connectivity index (χ4v) is 6.59. The first-order valence-corrected chi connectivity index (χ1v) is 14.1. The minimum atomic E-state index is -0.699. The number of halogens is 2. The van der Waals surface area contributed by atoms with Crippen LogP contribution in [0.1, 0.15) is 54.5 Å². The van der Waals surface area contributed by atoms with E-state index in [0.717, 1.165) is 11.4 Å². The Hall–Kier alpha value is -2.49. The lowest BCUT2D eigenvalue weighted by Gasteiger charge is -2.27. The van der Waals surface area contributed by atoms with Crippen LogP contribution < -0.4 is 4.74 Å². The highest BCUT2D eigenvalue weighted by Gasteiger charge is 2.56. The number of fused-ring (bicyclic) bond motifs is 2. The molecule has 0 N–H and O–H groups in total. The Morgan fingerprint density at radius 2 is 2.05 bits per heavy atom. The number of carbonyl (C=O) groups excluding carboxylic acids is 3. The average Bonchev–Trinajstić information content (AvgIpc) is 3.47. The molecule has 1 saturated heterocycles. The monoisotopic (exact) mass is 560 g/mol. The molecule has 3 fully saturated rings. The summed E-state index contributed by atoms with van der Waals surface area (Å²) in [6.45, 7) is 1.75. The smallest absolute Gasteiger partial charge is 0.245 e. The average molecular weight is 561 g/mol. The molecule has 1 aliphatic heterocycles. The Bertz CT molecular complexity index is 1390. The summed E-state index contributed by atoms with van der Waals surface area (Å²) in [5, 5.41) is 7.85. The van der Waals surface area contributed by atoms with Gasteiger partial charge >= 0.3 is 0 Å². The number of ketones is 2. The van der Waals surface area contributed by atoms with Gasteiger partial charge in [-0.2, -0.15) is 5.10 Å². The van der Waals surface area contributed by atoms with E-state index in [2.05, 4.69) is 10.1 Å². The van der Waals surface area contributed by atoms with Gasteiger partial charge in [-0.3, -0.25) is 19.1 Å². The van der Waals surface area contributed by atoms with E-state index in [9.17, 15) is 14.4 Å². The third kappa shape index (κ3) is 4.89. The molecule has 37 heavy (non-hydrogen) atoms. The van der Waals surface area contributed by atoms with Gasteiger partial charge in [0, 0.05) is 36.3 Å². The van der Waals surface area contributed by atoms with Crippen molar-refractivity contribution in [1.82, 2.24) is 19.7 Å². The molecule has 0 spiro atoms. The molecule has 2 aromatic heterocycles. The van der Waals surface area contributed by atoms with Crippen LogP contribution in [0.5, 0.6) is 5.75 Å². The predicted octanol–water partition coefficient (Wildman–Crippen LogP) is 4.81. The molecular weight excluding hydrogens is 535 g/mol. The number of ether oxygens (including phenoxy) is 1. The molecule has 3 aliphatic rings. The van der Waals surface area contributed by atoms with Crippen LogP contribution in [0.3, 0.4) is 0 Å². The summed E-state index contributed by atoms with van der Waals surface area (Å²) >= 11 is 13.7. The number of hydrogen-bond donors (Lipinski definition) is 0. The molecule has 4 atom stereocenters. The van der Waals surface area contributed by atoms with Crippen LogP contribution in [0.15, 0.2) is 29.8 Å². The number of carbonyl (C=O) groups is 3. The van der Waals surface area contributed by atoms with Crippen molar-refractivity contribution in [3.05, 3.63) is 40.5 Å². The molecule has 8 nitrogen and oxygen atoms in total. The second kappa shape index (κ2) is 9.36. The van der Waals surface area contributed by atoms with E-state index < -0.39 is 10.4 Å². The summed E-state index contributed by atoms with van der Waals surface area (Å²) < 4.78 is 6.72. The molecule has 1 amide bonds. The third-order valence-corrected chi connectivity index (χ3v) is 9.32. The van der Waals surface area contributed by atoms with Gasteiger partial charge in [-0.1, -0.05) is 0 Å². The first-order chi connectivity index (χ1) is 17.7. The molecule has 0 radical (unpaired) electrons. The number of nitrogens with zero attached hydrogens (tertiary/aromatic N) is 4. The van der Waals surface area contributed by atoms with E-state index in [1.165, 1.54) is 18.3 Å². The summed E-state index contributed by atoms with van der Waals surface area (Å²) in [7, 11) is 0. The van der Waals surface area contributed by atoms with Gasteiger partial charge in [0.05, 0.1) is 11.6 Å². The minimum Gasteiger partial charge on any atom is -0.486 e. The highest BCUT2D eigenvalue weighted by molar-refractivity contribution is 7.09. The van der Waals surface area contributed by atoms with E-state index in [0.29, 0.717) is 54.9 Å². The fourth-order valence-electron chi connectivity index (χ4n) is 5.48. The maximum absolute atomic E-state index is 13.5. The van der Waals surface area contributed by atoms with Gasteiger partial charge < -0.3 is 9.64 Å². The summed E-state index contributed by atoms with van der Waals surface area (Å²) in [4.78, 5) is 44.9. The van der Waals surface area contributed by atoms with Gasteiger partial charge in [0.25, 0.3) is 0 Å². The van der Waals surface area contributed by atoms with Crippen LogP contribution in [0.25, 0.3) is 10.9 Å². The van der Waals surface area contributed by atoms with Crippen LogP contribution in [0.2, 0.25) is 0 Å². The van der Waals surface area contributed by atoms with E-state index in [1.54, 1.807) is 27.9 Å². The number of aromatic nitrogens is 3. The Morgan fingerprint density at radius 3 is 2.76 bits per heavy atom. The molecule has 2 saturated carbocycles. The molecule has 1 aromatic carbocycles. The standard InChI is InChI=1S/C26H26Cl2N4O4S/c1-14(33)25-18-10-17(36-13-23-29-6-7-37-23)3-4-19(18)31(30-25)12-24(35)32-20-8-15(20)9-21(32)22(34)5-2-16-11-26(16,27)28/h3-4,6-7,10,15-16,20-21H,2,5,8-9,11-13H2,1H3/t15-,16+,20-,21+/m1/s1. The molecule has 3 heterocycles. The lowest BCUT2D eigenvalue weighted by atomic mass is 10.0. The van der Waals surface area contributed by atoms with Gasteiger partial charge in [0.15, 0.2) is 11.6 Å². The van der Waals surface area contributed by atoms with Crippen LogP contribution in [0.4, 0.5) is 0 Å². The van der Waals surface area contributed by atoms with Crippen LogP contribution in [0, 0.1) is 11.8 Å². The zero-order valence-electron chi connectivity index (χ0n) is 20.2. The maximum Gasteiger partial charge on any atom is 0.245 e. The van der Waals surface area contributed by atoms with Crippen molar-refractivity contribution in [3.8, 4) is 5.75 Å². The molecule has 2 aliphatic carbocycles. The number of hydrogen-bond acceptors (Lipinski definition) is 7. The first kappa shape index (κ1) is 24.8. The molecule has 6 rings (SSSR count). The number of benzene rings is 1. The molecule has 11 heteroatoms. The zero-order chi connectivity index (χ0) is 25.9. The van der Waals surface area contributed by atoms with Crippen LogP contribution in [-0.2, 0) is 22.7 Å². The van der Waals surface area contributed by atoms with Crippen LogP contribution >= 0.6 is 34.5 Å². The zero-order valence-corrected chi connectivity index (χ0v) is 22.6. The summed E-state index contributed by atoms with van der Waals surface area (Å²) in [5.74, 6) is 0.861. The predicted molar refractivity (Wildman–Crippen MR) is 140 cm³/mol. The number of Topliss-reactive ketones (excluding diaryl/α,β-unsaturated/α-hetero) is 2. The van der Waals surface area contributed by atoms with Crippen molar-refractivity contribution < 1.29 is 19.1 Å². The number of amides is 1. The topological polar surface area (TPSA) is 94.4 Å². The minimum absolute atomic E-state index is 0.0365.